The van der Waals surface area contributed by atoms with Gasteiger partial charge in [0.15, 0.2) is 0 Å². The number of rotatable bonds is 8. The highest BCUT2D eigenvalue weighted by atomic mass is 16.6. The molecular formula is C18H27NO4. The summed E-state index contributed by atoms with van der Waals surface area (Å²) in [6, 6.07) is 9.50. The molecule has 0 bridgehead atoms. The van der Waals surface area contributed by atoms with Crippen LogP contribution in [0.15, 0.2) is 42.5 Å². The minimum atomic E-state index is -0.556. The Balaban J connectivity index is 2.22. The van der Waals surface area contributed by atoms with Crippen LogP contribution in [0, 0.1) is 0 Å². The van der Waals surface area contributed by atoms with E-state index in [2.05, 4.69) is 5.32 Å². The van der Waals surface area contributed by atoms with Crippen LogP contribution in [0.25, 0.3) is 0 Å². The standard InChI is InChI=1S/C18H27NO4/c1-18(2,3)23-17(21)19-16(13-20)11-7-8-12-22-14-15-9-5-4-6-10-15/h4-7,9-11,16,20H,8,12-14H2,1-3H3,(H,19,21)/b11-7-/t16-/m1/s1. The Bertz CT molecular complexity index is 480. The van der Waals surface area contributed by atoms with E-state index in [1.54, 1.807) is 26.8 Å². The molecule has 5 nitrogen and oxygen atoms in total. The predicted octanol–water partition coefficient (Wildman–Crippen LogP) is 3.04. The summed E-state index contributed by atoms with van der Waals surface area (Å²) in [4.78, 5) is 11.6. The number of aliphatic hydroxyl groups excluding tert-OH is 1. The van der Waals surface area contributed by atoms with Crippen LogP contribution in [0.3, 0.4) is 0 Å². The molecule has 0 saturated carbocycles. The van der Waals surface area contributed by atoms with Crippen LogP contribution in [0.2, 0.25) is 0 Å². The smallest absolute Gasteiger partial charge is 0.408 e. The molecule has 0 aliphatic rings. The van der Waals surface area contributed by atoms with E-state index in [9.17, 15) is 9.90 Å². The molecule has 23 heavy (non-hydrogen) atoms. The third kappa shape index (κ3) is 9.71. The van der Waals surface area contributed by atoms with Crippen LogP contribution in [0.4, 0.5) is 4.79 Å². The minimum Gasteiger partial charge on any atom is -0.444 e. The van der Waals surface area contributed by atoms with Crippen molar-refractivity contribution >= 4 is 6.09 Å². The summed E-state index contributed by atoms with van der Waals surface area (Å²) >= 11 is 0. The average Bonchev–Trinajstić information content (AvgIpc) is 2.48. The summed E-state index contributed by atoms with van der Waals surface area (Å²) in [5.74, 6) is 0. The first kappa shape index (κ1) is 19.2. The molecule has 0 heterocycles. The zero-order valence-corrected chi connectivity index (χ0v) is 14.1. The van der Waals surface area contributed by atoms with Gasteiger partial charge in [-0.3, -0.25) is 0 Å². The van der Waals surface area contributed by atoms with Crippen molar-refractivity contribution in [2.24, 2.45) is 0 Å². The fourth-order valence-corrected chi connectivity index (χ4v) is 1.79. The van der Waals surface area contributed by atoms with Crippen molar-refractivity contribution in [3.63, 3.8) is 0 Å². The van der Waals surface area contributed by atoms with Gasteiger partial charge in [0.1, 0.15) is 5.60 Å². The molecular weight excluding hydrogens is 294 g/mol. The summed E-state index contributed by atoms with van der Waals surface area (Å²) in [5, 5.41) is 11.9. The van der Waals surface area contributed by atoms with Crippen molar-refractivity contribution in [1.29, 1.82) is 0 Å². The van der Waals surface area contributed by atoms with E-state index in [-0.39, 0.29) is 6.61 Å². The number of aliphatic hydroxyl groups is 1. The number of benzene rings is 1. The first-order valence-corrected chi connectivity index (χ1v) is 7.79. The molecule has 1 atom stereocenters. The van der Waals surface area contributed by atoms with Gasteiger partial charge in [-0.1, -0.05) is 42.5 Å². The second-order valence-electron chi connectivity index (χ2n) is 6.19. The van der Waals surface area contributed by atoms with Crippen LogP contribution in [0.1, 0.15) is 32.8 Å². The third-order valence-corrected chi connectivity index (χ3v) is 2.81. The van der Waals surface area contributed by atoms with Crippen molar-refractivity contribution in [3.8, 4) is 0 Å². The third-order valence-electron chi connectivity index (χ3n) is 2.81. The highest BCUT2D eigenvalue weighted by molar-refractivity contribution is 5.68. The molecule has 0 radical (unpaired) electrons. The topological polar surface area (TPSA) is 67.8 Å². The summed E-state index contributed by atoms with van der Waals surface area (Å²) in [6.07, 6.45) is 3.79. The van der Waals surface area contributed by atoms with Gasteiger partial charge < -0.3 is 19.9 Å². The first-order chi connectivity index (χ1) is 10.9. The molecule has 0 aliphatic heterocycles. The second kappa shape index (κ2) is 10.0. The van der Waals surface area contributed by atoms with Gasteiger partial charge in [-0.15, -0.1) is 0 Å². The van der Waals surface area contributed by atoms with E-state index in [0.717, 1.165) is 5.56 Å². The monoisotopic (exact) mass is 321 g/mol. The molecule has 0 aromatic heterocycles. The number of carbonyl (C=O) groups excluding carboxylic acids is 1. The van der Waals surface area contributed by atoms with Gasteiger partial charge in [-0.05, 0) is 32.8 Å². The van der Waals surface area contributed by atoms with Crippen molar-refractivity contribution in [2.45, 2.75) is 45.4 Å². The van der Waals surface area contributed by atoms with Gasteiger partial charge in [0, 0.05) is 0 Å². The SMILES string of the molecule is CC(C)(C)OC(=O)N[C@H](/C=C\CCOCc1ccccc1)CO. The molecule has 0 spiro atoms. The van der Waals surface area contributed by atoms with Crippen LogP contribution in [0.5, 0.6) is 0 Å². The zero-order valence-electron chi connectivity index (χ0n) is 14.1. The van der Waals surface area contributed by atoms with Crippen LogP contribution in [-0.4, -0.2) is 36.1 Å². The van der Waals surface area contributed by atoms with Gasteiger partial charge in [0.25, 0.3) is 0 Å². The molecule has 2 N–H and O–H groups in total. The quantitative estimate of drug-likeness (QED) is 0.570. The molecule has 5 heteroatoms. The lowest BCUT2D eigenvalue weighted by molar-refractivity contribution is 0.0498. The highest BCUT2D eigenvalue weighted by Gasteiger charge is 2.17. The maximum atomic E-state index is 11.6. The van der Waals surface area contributed by atoms with Gasteiger partial charge >= 0.3 is 6.09 Å². The molecule has 0 unspecified atom stereocenters. The summed E-state index contributed by atoms with van der Waals surface area (Å²) in [5.41, 5.74) is 0.579. The van der Waals surface area contributed by atoms with Gasteiger partial charge in [-0.2, -0.15) is 0 Å². The van der Waals surface area contributed by atoms with E-state index in [4.69, 9.17) is 9.47 Å². The number of alkyl carbamates (subject to hydrolysis) is 1. The van der Waals surface area contributed by atoms with E-state index >= 15 is 0 Å². The normalized spacial score (nSPS) is 13.0. The Morgan fingerprint density at radius 3 is 2.61 bits per heavy atom. The molecule has 1 amide bonds. The lowest BCUT2D eigenvalue weighted by Crippen LogP contribution is -2.39. The molecule has 1 aromatic carbocycles. The van der Waals surface area contributed by atoms with Crippen molar-refractivity contribution < 1.29 is 19.4 Å². The maximum absolute atomic E-state index is 11.6. The summed E-state index contributed by atoms with van der Waals surface area (Å²) < 4.78 is 10.7. The second-order valence-corrected chi connectivity index (χ2v) is 6.19. The molecule has 0 saturated heterocycles. The summed E-state index contributed by atoms with van der Waals surface area (Å²) in [6.45, 7) is 6.35. The Hall–Kier alpha value is -1.85. The van der Waals surface area contributed by atoms with Crippen LogP contribution < -0.4 is 5.32 Å². The fourth-order valence-electron chi connectivity index (χ4n) is 1.79. The van der Waals surface area contributed by atoms with Gasteiger partial charge in [0.2, 0.25) is 0 Å². The average molecular weight is 321 g/mol. The van der Waals surface area contributed by atoms with Crippen molar-refractivity contribution in [3.05, 3.63) is 48.0 Å². The number of amides is 1. The largest absolute Gasteiger partial charge is 0.444 e. The minimum absolute atomic E-state index is 0.180. The molecule has 128 valence electrons. The lowest BCUT2D eigenvalue weighted by atomic mass is 10.2. The molecule has 1 rings (SSSR count). The number of hydrogen-bond donors (Lipinski definition) is 2. The fraction of sp³-hybridized carbons (Fsp3) is 0.500. The zero-order chi connectivity index (χ0) is 17.1. The molecule has 0 aliphatic carbocycles. The Morgan fingerprint density at radius 1 is 1.30 bits per heavy atom. The van der Waals surface area contributed by atoms with Crippen molar-refractivity contribution in [1.82, 2.24) is 5.32 Å². The lowest BCUT2D eigenvalue weighted by Gasteiger charge is -2.21. The number of ether oxygens (including phenoxy) is 2. The maximum Gasteiger partial charge on any atom is 0.408 e. The predicted molar refractivity (Wildman–Crippen MR) is 90.1 cm³/mol. The van der Waals surface area contributed by atoms with E-state index < -0.39 is 17.7 Å². The number of hydrogen-bond acceptors (Lipinski definition) is 4. The molecule has 1 aromatic rings. The first-order valence-electron chi connectivity index (χ1n) is 7.79. The number of carbonyl (C=O) groups is 1. The number of nitrogens with one attached hydrogen (secondary N) is 1. The van der Waals surface area contributed by atoms with Gasteiger partial charge in [-0.25, -0.2) is 4.79 Å². The van der Waals surface area contributed by atoms with Crippen LogP contribution in [-0.2, 0) is 16.1 Å². The van der Waals surface area contributed by atoms with Crippen LogP contribution >= 0.6 is 0 Å². The van der Waals surface area contributed by atoms with Gasteiger partial charge in [0.05, 0.1) is 25.9 Å². The summed E-state index contributed by atoms with van der Waals surface area (Å²) in [7, 11) is 0. The Kier molecular flexibility index (Phi) is 8.37. The Morgan fingerprint density at radius 2 is 2.00 bits per heavy atom. The highest BCUT2D eigenvalue weighted by Crippen LogP contribution is 2.07. The van der Waals surface area contributed by atoms with E-state index in [1.165, 1.54) is 0 Å². The Labute approximate surface area is 138 Å². The van der Waals surface area contributed by atoms with E-state index in [0.29, 0.717) is 19.6 Å². The van der Waals surface area contributed by atoms with Crippen molar-refractivity contribution in [2.75, 3.05) is 13.2 Å². The molecule has 0 fully saturated rings. The van der Waals surface area contributed by atoms with E-state index in [1.807, 2.05) is 36.4 Å².